The van der Waals surface area contributed by atoms with Gasteiger partial charge >= 0.3 is 0 Å². The van der Waals surface area contributed by atoms with Gasteiger partial charge in [0.25, 0.3) is 0 Å². The van der Waals surface area contributed by atoms with Crippen molar-refractivity contribution in [1.29, 1.82) is 0 Å². The first-order chi connectivity index (χ1) is 3.56. The molecule has 0 heterocycles. The van der Waals surface area contributed by atoms with E-state index in [4.69, 9.17) is 0 Å². The van der Waals surface area contributed by atoms with Gasteiger partial charge in [0.15, 0.2) is 0 Å². The predicted octanol–water partition coefficient (Wildman–Crippen LogP) is 2.79. The van der Waals surface area contributed by atoms with Gasteiger partial charge in [-0.15, -0.1) is 0 Å². The van der Waals surface area contributed by atoms with E-state index in [1.54, 1.807) is 0 Å². The van der Waals surface area contributed by atoms with Gasteiger partial charge in [-0.25, -0.2) is 0 Å². The highest BCUT2D eigenvalue weighted by molar-refractivity contribution is 7.98. The van der Waals surface area contributed by atoms with Crippen LogP contribution in [0.3, 0.4) is 0 Å². The Balaban J connectivity index is 3.11. The summed E-state index contributed by atoms with van der Waals surface area (Å²) in [4.78, 5) is 0. The molecule has 0 spiro atoms. The Labute approximate surface area is 57.1 Å². The molecule has 1 heteroatoms. The molecular weight excluding hydrogens is 116 g/mol. The van der Waals surface area contributed by atoms with Gasteiger partial charge in [0.05, 0.1) is 0 Å². The highest BCUT2D eigenvalue weighted by Crippen LogP contribution is 2.19. The lowest BCUT2D eigenvalue weighted by atomic mass is 9.94. The molecule has 0 N–H and O–H groups in total. The van der Waals surface area contributed by atoms with Crippen LogP contribution >= 0.6 is 11.8 Å². The van der Waals surface area contributed by atoms with Crippen LogP contribution in [-0.2, 0) is 0 Å². The molecule has 50 valence electrons. The summed E-state index contributed by atoms with van der Waals surface area (Å²) in [7, 11) is 0. The molecule has 0 aromatic heterocycles. The largest absolute Gasteiger partial charge is 0.165 e. The summed E-state index contributed by atoms with van der Waals surface area (Å²) in [6.45, 7) is 6.84. The molecule has 0 saturated carbocycles. The third-order valence-corrected chi connectivity index (χ3v) is 1.67. The van der Waals surface area contributed by atoms with Crippen molar-refractivity contribution in [3.05, 3.63) is 0 Å². The Morgan fingerprint density at radius 2 is 1.75 bits per heavy atom. The first-order valence-electron chi connectivity index (χ1n) is 3.05. The lowest BCUT2D eigenvalue weighted by Gasteiger charge is -2.16. The third kappa shape index (κ3) is 6.35. The van der Waals surface area contributed by atoms with Gasteiger partial charge in [-0.05, 0) is 23.8 Å². The fourth-order valence-electron chi connectivity index (χ4n) is 0.408. The molecule has 0 amide bonds. The summed E-state index contributed by atoms with van der Waals surface area (Å²) in [5, 5.41) is 0. The normalized spacial score (nSPS) is 12.0. The molecule has 0 aliphatic heterocycles. The quantitative estimate of drug-likeness (QED) is 0.556. The van der Waals surface area contributed by atoms with Gasteiger partial charge in [0.1, 0.15) is 0 Å². The minimum atomic E-state index is 0.531. The van der Waals surface area contributed by atoms with Crippen LogP contribution in [-0.4, -0.2) is 12.0 Å². The summed E-state index contributed by atoms with van der Waals surface area (Å²) >= 11 is 1.93. The molecule has 0 bridgehead atoms. The maximum absolute atomic E-state index is 2.28. The summed E-state index contributed by atoms with van der Waals surface area (Å²) in [5.74, 6) is 1.30. The molecule has 0 aliphatic carbocycles. The van der Waals surface area contributed by atoms with E-state index in [0.29, 0.717) is 5.41 Å². The van der Waals surface area contributed by atoms with Crippen LogP contribution in [0.4, 0.5) is 0 Å². The molecule has 8 heavy (non-hydrogen) atoms. The predicted molar refractivity (Wildman–Crippen MR) is 42.5 cm³/mol. The topological polar surface area (TPSA) is 0 Å². The monoisotopic (exact) mass is 132 g/mol. The molecule has 0 aromatic carbocycles. The van der Waals surface area contributed by atoms with Gasteiger partial charge in [0.2, 0.25) is 0 Å². The second-order valence-electron chi connectivity index (χ2n) is 3.30. The van der Waals surface area contributed by atoms with Crippen LogP contribution in [0.5, 0.6) is 0 Å². The van der Waals surface area contributed by atoms with E-state index in [1.165, 1.54) is 12.2 Å². The van der Waals surface area contributed by atoms with Gasteiger partial charge in [-0.1, -0.05) is 20.8 Å². The SMILES string of the molecule is CSCCC(C)(C)C. The summed E-state index contributed by atoms with van der Waals surface area (Å²) in [5.41, 5.74) is 0.531. The summed E-state index contributed by atoms with van der Waals surface area (Å²) in [6.07, 6.45) is 3.49. The highest BCUT2D eigenvalue weighted by atomic mass is 32.2. The molecule has 0 radical (unpaired) electrons. The third-order valence-electron chi connectivity index (χ3n) is 1.06. The Hall–Kier alpha value is 0.350. The number of thioether (sulfide) groups is 1. The van der Waals surface area contributed by atoms with Crippen molar-refractivity contribution >= 4 is 11.8 Å². The van der Waals surface area contributed by atoms with Crippen molar-refractivity contribution in [2.75, 3.05) is 12.0 Å². The average Bonchev–Trinajstić information content (AvgIpc) is 1.59. The molecule has 0 atom stereocenters. The minimum absolute atomic E-state index is 0.531. The standard InChI is InChI=1S/C7H16S/c1-7(2,3)5-6-8-4/h5-6H2,1-4H3. The van der Waals surface area contributed by atoms with Crippen LogP contribution < -0.4 is 0 Å². The Kier molecular flexibility index (Phi) is 3.54. The molecule has 0 aromatic rings. The Morgan fingerprint density at radius 1 is 1.25 bits per heavy atom. The van der Waals surface area contributed by atoms with E-state index >= 15 is 0 Å². The van der Waals surface area contributed by atoms with Crippen molar-refractivity contribution < 1.29 is 0 Å². The van der Waals surface area contributed by atoms with Gasteiger partial charge in [-0.2, -0.15) is 11.8 Å². The van der Waals surface area contributed by atoms with E-state index in [9.17, 15) is 0 Å². The first kappa shape index (κ1) is 8.35. The van der Waals surface area contributed by atoms with Crippen LogP contribution in [0, 0.1) is 5.41 Å². The molecular formula is C7H16S. The minimum Gasteiger partial charge on any atom is -0.165 e. The summed E-state index contributed by atoms with van der Waals surface area (Å²) in [6, 6.07) is 0. The van der Waals surface area contributed by atoms with Crippen molar-refractivity contribution in [2.24, 2.45) is 5.41 Å². The van der Waals surface area contributed by atoms with E-state index in [2.05, 4.69) is 27.0 Å². The van der Waals surface area contributed by atoms with Gasteiger partial charge in [0, 0.05) is 0 Å². The van der Waals surface area contributed by atoms with Crippen molar-refractivity contribution in [3.8, 4) is 0 Å². The maximum atomic E-state index is 2.28. The zero-order valence-electron chi connectivity index (χ0n) is 6.32. The Morgan fingerprint density at radius 3 is 1.88 bits per heavy atom. The van der Waals surface area contributed by atoms with Crippen molar-refractivity contribution in [3.63, 3.8) is 0 Å². The molecule has 0 saturated heterocycles. The van der Waals surface area contributed by atoms with E-state index < -0.39 is 0 Å². The number of hydrogen-bond acceptors (Lipinski definition) is 1. The Bertz CT molecular complexity index is 51.9. The molecule has 0 fully saturated rings. The number of rotatable bonds is 2. The highest BCUT2D eigenvalue weighted by Gasteiger charge is 2.07. The van der Waals surface area contributed by atoms with Crippen LogP contribution in [0.25, 0.3) is 0 Å². The van der Waals surface area contributed by atoms with Crippen LogP contribution in [0.2, 0.25) is 0 Å². The average molecular weight is 132 g/mol. The molecule has 0 unspecified atom stereocenters. The lowest BCUT2D eigenvalue weighted by Crippen LogP contribution is -2.05. The summed E-state index contributed by atoms with van der Waals surface area (Å²) < 4.78 is 0. The lowest BCUT2D eigenvalue weighted by molar-refractivity contribution is 0.401. The molecule has 0 aliphatic rings. The molecule has 0 rings (SSSR count). The number of hydrogen-bond donors (Lipinski definition) is 0. The van der Waals surface area contributed by atoms with E-state index in [0.717, 1.165) is 0 Å². The maximum Gasteiger partial charge on any atom is -0.00653 e. The fraction of sp³-hybridized carbons (Fsp3) is 1.00. The van der Waals surface area contributed by atoms with Crippen LogP contribution in [0.1, 0.15) is 27.2 Å². The van der Waals surface area contributed by atoms with Crippen molar-refractivity contribution in [2.45, 2.75) is 27.2 Å². The van der Waals surface area contributed by atoms with E-state index in [-0.39, 0.29) is 0 Å². The second kappa shape index (κ2) is 3.39. The smallest absolute Gasteiger partial charge is 0.00653 e. The van der Waals surface area contributed by atoms with Gasteiger partial charge in [-0.3, -0.25) is 0 Å². The fourth-order valence-corrected chi connectivity index (χ4v) is 1.22. The van der Waals surface area contributed by atoms with Gasteiger partial charge < -0.3 is 0 Å². The molecule has 0 nitrogen and oxygen atoms in total. The van der Waals surface area contributed by atoms with Crippen molar-refractivity contribution in [1.82, 2.24) is 0 Å². The zero-order valence-corrected chi connectivity index (χ0v) is 7.14. The zero-order chi connectivity index (χ0) is 6.62. The van der Waals surface area contributed by atoms with Crippen LogP contribution in [0.15, 0.2) is 0 Å². The second-order valence-corrected chi connectivity index (χ2v) is 4.29. The van der Waals surface area contributed by atoms with E-state index in [1.807, 2.05) is 11.8 Å². The first-order valence-corrected chi connectivity index (χ1v) is 4.44.